The lowest BCUT2D eigenvalue weighted by Crippen LogP contribution is -2.44. The van der Waals surface area contributed by atoms with E-state index in [9.17, 15) is 18.0 Å². The first-order chi connectivity index (χ1) is 9.30. The van der Waals surface area contributed by atoms with Crippen molar-refractivity contribution in [3.8, 4) is 0 Å². The summed E-state index contributed by atoms with van der Waals surface area (Å²) in [5.41, 5.74) is -0.194. The standard InChI is InChI=1S/C15H20F3NO/c1-3-9-19(11-15(16,17)18)10-14(2,12-20)13-7-5-4-6-8-13/h4-8,12H,3,9-11H2,1-2H3. The Morgan fingerprint density at radius 2 is 1.75 bits per heavy atom. The molecule has 0 aliphatic rings. The predicted molar refractivity (Wildman–Crippen MR) is 72.6 cm³/mol. The molecule has 0 heterocycles. The molecular formula is C15H20F3NO. The van der Waals surface area contributed by atoms with Crippen LogP contribution in [0.4, 0.5) is 13.2 Å². The van der Waals surface area contributed by atoms with Gasteiger partial charge < -0.3 is 4.79 Å². The van der Waals surface area contributed by atoms with Crippen LogP contribution in [-0.4, -0.2) is 37.0 Å². The van der Waals surface area contributed by atoms with Gasteiger partial charge in [-0.25, -0.2) is 0 Å². The second-order valence-electron chi connectivity index (χ2n) is 5.23. The molecule has 1 atom stereocenters. The Morgan fingerprint density at radius 1 is 1.15 bits per heavy atom. The topological polar surface area (TPSA) is 20.3 Å². The number of benzene rings is 1. The van der Waals surface area contributed by atoms with Crippen molar-refractivity contribution < 1.29 is 18.0 Å². The van der Waals surface area contributed by atoms with Gasteiger partial charge in [0.25, 0.3) is 0 Å². The zero-order valence-electron chi connectivity index (χ0n) is 11.8. The van der Waals surface area contributed by atoms with Gasteiger partial charge in [-0.3, -0.25) is 4.90 Å². The SMILES string of the molecule is CCCN(CC(F)(F)F)CC(C)(C=O)c1ccccc1. The Bertz CT molecular complexity index is 419. The number of alkyl halides is 3. The fourth-order valence-electron chi connectivity index (χ4n) is 2.26. The first kappa shape index (κ1) is 16.7. The fourth-order valence-corrected chi connectivity index (χ4v) is 2.26. The van der Waals surface area contributed by atoms with E-state index in [-0.39, 0.29) is 6.54 Å². The normalized spacial score (nSPS) is 15.1. The Balaban J connectivity index is 2.91. The van der Waals surface area contributed by atoms with Crippen molar-refractivity contribution in [1.82, 2.24) is 4.90 Å². The highest BCUT2D eigenvalue weighted by Gasteiger charge is 2.35. The summed E-state index contributed by atoms with van der Waals surface area (Å²) in [7, 11) is 0. The molecule has 112 valence electrons. The molecule has 0 saturated heterocycles. The molecule has 1 unspecified atom stereocenters. The first-order valence-corrected chi connectivity index (χ1v) is 6.61. The molecule has 0 spiro atoms. The number of aldehydes is 1. The number of nitrogens with zero attached hydrogens (tertiary/aromatic N) is 1. The van der Waals surface area contributed by atoms with Gasteiger partial charge in [0.1, 0.15) is 6.29 Å². The van der Waals surface area contributed by atoms with Crippen LogP contribution in [0, 0.1) is 0 Å². The molecule has 5 heteroatoms. The minimum absolute atomic E-state index is 0.0634. The van der Waals surface area contributed by atoms with E-state index < -0.39 is 18.1 Å². The van der Waals surface area contributed by atoms with E-state index in [1.54, 1.807) is 31.2 Å². The van der Waals surface area contributed by atoms with E-state index in [1.807, 2.05) is 13.0 Å². The Kier molecular flexibility index (Phi) is 5.74. The van der Waals surface area contributed by atoms with Crippen LogP contribution in [0.1, 0.15) is 25.8 Å². The lowest BCUT2D eigenvalue weighted by Gasteiger charge is -2.32. The molecule has 0 aromatic heterocycles. The van der Waals surface area contributed by atoms with Crippen LogP contribution in [-0.2, 0) is 10.2 Å². The van der Waals surface area contributed by atoms with E-state index in [0.29, 0.717) is 13.0 Å². The van der Waals surface area contributed by atoms with Crippen LogP contribution >= 0.6 is 0 Å². The zero-order chi connectivity index (χ0) is 15.2. The van der Waals surface area contributed by atoms with Crippen LogP contribution < -0.4 is 0 Å². The Morgan fingerprint density at radius 3 is 2.20 bits per heavy atom. The van der Waals surface area contributed by atoms with Crippen molar-refractivity contribution in [3.63, 3.8) is 0 Å². The molecule has 0 aliphatic carbocycles. The predicted octanol–water partition coefficient (Wildman–Crippen LogP) is 3.42. The molecule has 1 aromatic carbocycles. The molecular weight excluding hydrogens is 267 g/mol. The third kappa shape index (κ3) is 4.96. The number of hydrogen-bond donors (Lipinski definition) is 0. The van der Waals surface area contributed by atoms with Crippen LogP contribution in [0.25, 0.3) is 0 Å². The van der Waals surface area contributed by atoms with Gasteiger partial charge in [0.15, 0.2) is 0 Å². The van der Waals surface area contributed by atoms with Crippen LogP contribution in [0.2, 0.25) is 0 Å². The highest BCUT2D eigenvalue weighted by Crippen LogP contribution is 2.25. The summed E-state index contributed by atoms with van der Waals surface area (Å²) in [6.45, 7) is 2.89. The van der Waals surface area contributed by atoms with Crippen molar-refractivity contribution in [3.05, 3.63) is 35.9 Å². The molecule has 0 fully saturated rings. The van der Waals surface area contributed by atoms with Crippen molar-refractivity contribution in [2.45, 2.75) is 31.9 Å². The van der Waals surface area contributed by atoms with Gasteiger partial charge in [0, 0.05) is 6.54 Å². The summed E-state index contributed by atoms with van der Waals surface area (Å²) in [6, 6.07) is 8.92. The summed E-state index contributed by atoms with van der Waals surface area (Å²) in [6.07, 6.45) is -2.91. The summed E-state index contributed by atoms with van der Waals surface area (Å²) < 4.78 is 37.7. The fraction of sp³-hybridized carbons (Fsp3) is 0.533. The molecule has 1 aromatic rings. The number of hydrogen-bond acceptors (Lipinski definition) is 2. The first-order valence-electron chi connectivity index (χ1n) is 6.61. The van der Waals surface area contributed by atoms with Gasteiger partial charge in [0.2, 0.25) is 0 Å². The van der Waals surface area contributed by atoms with Crippen LogP contribution in [0.3, 0.4) is 0 Å². The molecule has 0 amide bonds. The van der Waals surface area contributed by atoms with Gasteiger partial charge in [0.05, 0.1) is 12.0 Å². The van der Waals surface area contributed by atoms with Crippen LogP contribution in [0.5, 0.6) is 0 Å². The maximum atomic E-state index is 12.6. The third-order valence-corrected chi connectivity index (χ3v) is 3.19. The summed E-state index contributed by atoms with van der Waals surface area (Å²) in [5.74, 6) is 0. The van der Waals surface area contributed by atoms with Crippen molar-refractivity contribution in [1.29, 1.82) is 0 Å². The molecule has 20 heavy (non-hydrogen) atoms. The zero-order valence-corrected chi connectivity index (χ0v) is 11.8. The average Bonchev–Trinajstić information content (AvgIpc) is 2.38. The van der Waals surface area contributed by atoms with Gasteiger partial charge in [-0.15, -0.1) is 0 Å². The van der Waals surface area contributed by atoms with Crippen molar-refractivity contribution >= 4 is 6.29 Å². The Hall–Kier alpha value is -1.36. The third-order valence-electron chi connectivity index (χ3n) is 3.19. The van der Waals surface area contributed by atoms with Gasteiger partial charge >= 0.3 is 6.18 Å². The largest absolute Gasteiger partial charge is 0.401 e. The van der Waals surface area contributed by atoms with E-state index in [2.05, 4.69) is 0 Å². The second kappa shape index (κ2) is 6.88. The Labute approximate surface area is 117 Å². The minimum Gasteiger partial charge on any atom is -0.302 e. The van der Waals surface area contributed by atoms with Gasteiger partial charge in [-0.1, -0.05) is 37.3 Å². The van der Waals surface area contributed by atoms with Crippen molar-refractivity contribution in [2.75, 3.05) is 19.6 Å². The quantitative estimate of drug-likeness (QED) is 0.716. The van der Waals surface area contributed by atoms with E-state index in [1.165, 1.54) is 4.90 Å². The second-order valence-corrected chi connectivity index (χ2v) is 5.23. The summed E-state index contributed by atoms with van der Waals surface area (Å²) in [4.78, 5) is 12.7. The molecule has 0 bridgehead atoms. The minimum atomic E-state index is -4.25. The number of carbonyl (C=O) groups is 1. The number of carbonyl (C=O) groups excluding carboxylic acids is 1. The summed E-state index contributed by atoms with van der Waals surface area (Å²) >= 11 is 0. The highest BCUT2D eigenvalue weighted by atomic mass is 19.4. The van der Waals surface area contributed by atoms with E-state index in [0.717, 1.165) is 11.8 Å². The van der Waals surface area contributed by atoms with Crippen molar-refractivity contribution in [2.24, 2.45) is 0 Å². The monoisotopic (exact) mass is 287 g/mol. The lowest BCUT2D eigenvalue weighted by atomic mass is 9.83. The molecule has 0 aliphatic heterocycles. The van der Waals surface area contributed by atoms with Crippen LogP contribution in [0.15, 0.2) is 30.3 Å². The molecule has 0 N–H and O–H groups in total. The van der Waals surface area contributed by atoms with Gasteiger partial charge in [-0.2, -0.15) is 13.2 Å². The maximum absolute atomic E-state index is 12.6. The molecule has 2 nitrogen and oxygen atoms in total. The van der Waals surface area contributed by atoms with E-state index in [4.69, 9.17) is 0 Å². The lowest BCUT2D eigenvalue weighted by molar-refractivity contribution is -0.148. The molecule has 0 saturated carbocycles. The maximum Gasteiger partial charge on any atom is 0.401 e. The average molecular weight is 287 g/mol. The molecule has 0 radical (unpaired) electrons. The van der Waals surface area contributed by atoms with Gasteiger partial charge in [-0.05, 0) is 25.5 Å². The summed E-state index contributed by atoms with van der Waals surface area (Å²) in [5, 5.41) is 0. The van der Waals surface area contributed by atoms with E-state index >= 15 is 0 Å². The highest BCUT2D eigenvalue weighted by molar-refractivity contribution is 5.68. The number of rotatable bonds is 7. The smallest absolute Gasteiger partial charge is 0.302 e. The molecule has 1 rings (SSSR count). The number of halogens is 3.